The van der Waals surface area contributed by atoms with Crippen LogP contribution in [0.3, 0.4) is 0 Å². The van der Waals surface area contributed by atoms with Crippen molar-refractivity contribution < 1.29 is 13.2 Å². The van der Waals surface area contributed by atoms with Gasteiger partial charge in [0, 0.05) is 29.9 Å². The van der Waals surface area contributed by atoms with E-state index in [9.17, 15) is 13.2 Å². The second-order valence-electron chi connectivity index (χ2n) is 6.45. The number of rotatable bonds is 7. The van der Waals surface area contributed by atoms with Crippen molar-refractivity contribution in [2.24, 2.45) is 0 Å². The molecule has 0 saturated carbocycles. The Morgan fingerprint density at radius 3 is 2.66 bits per heavy atom. The first kappa shape index (κ1) is 20.7. The number of sulfonamides is 1. The molecule has 0 unspecified atom stereocenters. The molecule has 0 bridgehead atoms. The molecule has 0 aliphatic heterocycles. The van der Waals surface area contributed by atoms with Crippen LogP contribution in [-0.4, -0.2) is 35.6 Å². The number of nitrogens with one attached hydrogen (secondary N) is 2. The maximum absolute atomic E-state index is 12.8. The van der Waals surface area contributed by atoms with Crippen molar-refractivity contribution in [1.82, 2.24) is 19.5 Å². The summed E-state index contributed by atoms with van der Waals surface area (Å²) in [6.45, 7) is 6.46. The monoisotopic (exact) mass is 413 g/mol. The summed E-state index contributed by atoms with van der Waals surface area (Å²) in [6.07, 6.45) is 1.65. The van der Waals surface area contributed by atoms with Crippen LogP contribution in [0, 0.1) is 6.92 Å². The summed E-state index contributed by atoms with van der Waals surface area (Å²) in [5, 5.41) is 10.9. The van der Waals surface area contributed by atoms with E-state index in [0.29, 0.717) is 22.6 Å². The van der Waals surface area contributed by atoms with Crippen LogP contribution in [0.1, 0.15) is 29.8 Å². The van der Waals surface area contributed by atoms with Gasteiger partial charge in [0.1, 0.15) is 6.33 Å². The molecule has 1 aromatic heterocycles. The van der Waals surface area contributed by atoms with Crippen LogP contribution in [0.25, 0.3) is 11.4 Å². The SMILES string of the molecule is CCNS(=O)(=O)c1ccc(C)c(C(=O)Nc2cccc(-c3nncn3CC)c2)c1. The Bertz CT molecular complexity index is 1140. The summed E-state index contributed by atoms with van der Waals surface area (Å²) in [7, 11) is -3.65. The Hall–Kier alpha value is -3.04. The van der Waals surface area contributed by atoms with E-state index in [1.165, 1.54) is 12.1 Å². The number of hydrogen-bond donors (Lipinski definition) is 2. The second-order valence-corrected chi connectivity index (χ2v) is 8.22. The van der Waals surface area contributed by atoms with Gasteiger partial charge in [0.05, 0.1) is 4.90 Å². The van der Waals surface area contributed by atoms with Crippen molar-refractivity contribution >= 4 is 21.6 Å². The Balaban J connectivity index is 1.89. The highest BCUT2D eigenvalue weighted by atomic mass is 32.2. The maximum atomic E-state index is 12.8. The zero-order chi connectivity index (χ0) is 21.0. The lowest BCUT2D eigenvalue weighted by Crippen LogP contribution is -2.24. The van der Waals surface area contributed by atoms with Gasteiger partial charge in [-0.2, -0.15) is 0 Å². The number of amides is 1. The van der Waals surface area contributed by atoms with E-state index in [2.05, 4.69) is 20.2 Å². The smallest absolute Gasteiger partial charge is 0.255 e. The minimum absolute atomic E-state index is 0.0555. The Labute approximate surface area is 170 Å². The summed E-state index contributed by atoms with van der Waals surface area (Å²) < 4.78 is 28.8. The topological polar surface area (TPSA) is 106 Å². The number of hydrogen-bond acceptors (Lipinski definition) is 5. The van der Waals surface area contributed by atoms with Crippen molar-refractivity contribution in [3.63, 3.8) is 0 Å². The number of carbonyl (C=O) groups excluding carboxylic acids is 1. The van der Waals surface area contributed by atoms with Gasteiger partial charge in [0.15, 0.2) is 5.82 Å². The average molecular weight is 414 g/mol. The fraction of sp³-hybridized carbons (Fsp3) is 0.250. The van der Waals surface area contributed by atoms with Gasteiger partial charge >= 0.3 is 0 Å². The maximum Gasteiger partial charge on any atom is 0.255 e. The third kappa shape index (κ3) is 4.52. The van der Waals surface area contributed by atoms with Gasteiger partial charge in [-0.1, -0.05) is 25.1 Å². The normalized spacial score (nSPS) is 11.4. The number of carbonyl (C=O) groups is 1. The van der Waals surface area contributed by atoms with E-state index in [0.717, 1.165) is 12.1 Å². The third-order valence-corrected chi connectivity index (χ3v) is 5.98. The van der Waals surface area contributed by atoms with Gasteiger partial charge in [0.25, 0.3) is 5.91 Å². The molecule has 3 aromatic rings. The minimum Gasteiger partial charge on any atom is -0.322 e. The molecule has 2 N–H and O–H groups in total. The molecule has 0 radical (unpaired) electrons. The van der Waals surface area contributed by atoms with Gasteiger partial charge in [-0.15, -0.1) is 10.2 Å². The minimum atomic E-state index is -3.65. The molecule has 29 heavy (non-hydrogen) atoms. The van der Waals surface area contributed by atoms with Gasteiger partial charge in [0.2, 0.25) is 10.0 Å². The van der Waals surface area contributed by atoms with Crippen LogP contribution < -0.4 is 10.0 Å². The molecule has 0 fully saturated rings. The molecule has 1 heterocycles. The molecular formula is C20H23N5O3S. The number of aromatic nitrogens is 3. The standard InChI is InChI=1S/C20H23N5O3S/c1-4-22-29(27,28)17-10-9-14(3)18(12-17)20(26)23-16-8-6-7-15(11-16)19-24-21-13-25(19)5-2/h6-13,22H,4-5H2,1-3H3,(H,23,26). The second kappa shape index (κ2) is 8.54. The van der Waals surface area contributed by atoms with E-state index in [1.807, 2.05) is 29.7 Å². The van der Waals surface area contributed by atoms with Crippen LogP contribution in [-0.2, 0) is 16.6 Å². The third-order valence-electron chi connectivity index (χ3n) is 4.43. The summed E-state index contributed by atoms with van der Waals surface area (Å²) in [6, 6.07) is 11.8. The lowest BCUT2D eigenvalue weighted by Gasteiger charge is -2.11. The first-order valence-electron chi connectivity index (χ1n) is 9.25. The zero-order valence-electron chi connectivity index (χ0n) is 16.5. The predicted octanol–water partition coefficient (Wildman–Crippen LogP) is 2.82. The van der Waals surface area contributed by atoms with Crippen LogP contribution in [0.5, 0.6) is 0 Å². The largest absolute Gasteiger partial charge is 0.322 e. The fourth-order valence-corrected chi connectivity index (χ4v) is 4.00. The van der Waals surface area contributed by atoms with Gasteiger partial charge in [-0.3, -0.25) is 4.79 Å². The molecule has 8 nitrogen and oxygen atoms in total. The van der Waals surface area contributed by atoms with Crippen molar-refractivity contribution in [1.29, 1.82) is 0 Å². The van der Waals surface area contributed by atoms with E-state index in [4.69, 9.17) is 0 Å². The predicted molar refractivity (Wildman–Crippen MR) is 111 cm³/mol. The van der Waals surface area contributed by atoms with Gasteiger partial charge in [-0.05, 0) is 43.7 Å². The molecule has 0 aliphatic rings. The Morgan fingerprint density at radius 1 is 1.14 bits per heavy atom. The highest BCUT2D eigenvalue weighted by molar-refractivity contribution is 7.89. The van der Waals surface area contributed by atoms with E-state index >= 15 is 0 Å². The number of anilines is 1. The van der Waals surface area contributed by atoms with Crippen molar-refractivity contribution in [2.45, 2.75) is 32.2 Å². The molecule has 2 aromatic carbocycles. The van der Waals surface area contributed by atoms with Crippen molar-refractivity contribution in [2.75, 3.05) is 11.9 Å². The number of benzene rings is 2. The highest BCUT2D eigenvalue weighted by Gasteiger charge is 2.18. The van der Waals surface area contributed by atoms with Crippen molar-refractivity contribution in [3.05, 3.63) is 59.9 Å². The first-order chi connectivity index (χ1) is 13.9. The van der Waals surface area contributed by atoms with Crippen LogP contribution in [0.4, 0.5) is 5.69 Å². The molecule has 3 rings (SSSR count). The Kier molecular flexibility index (Phi) is 6.09. The highest BCUT2D eigenvalue weighted by Crippen LogP contribution is 2.22. The summed E-state index contributed by atoms with van der Waals surface area (Å²) in [5.74, 6) is 0.323. The van der Waals surface area contributed by atoms with E-state index in [-0.39, 0.29) is 17.3 Å². The molecule has 0 saturated heterocycles. The van der Waals surface area contributed by atoms with Gasteiger partial charge < -0.3 is 9.88 Å². The first-order valence-corrected chi connectivity index (χ1v) is 10.7. The molecule has 1 amide bonds. The van der Waals surface area contributed by atoms with Crippen molar-refractivity contribution in [3.8, 4) is 11.4 Å². The Morgan fingerprint density at radius 2 is 1.93 bits per heavy atom. The van der Waals surface area contributed by atoms with E-state index in [1.54, 1.807) is 32.3 Å². The molecular weight excluding hydrogens is 390 g/mol. The fourth-order valence-electron chi connectivity index (χ4n) is 2.93. The van der Waals surface area contributed by atoms with Crippen LogP contribution in [0.15, 0.2) is 53.7 Å². The summed E-state index contributed by atoms with van der Waals surface area (Å²) in [4.78, 5) is 12.9. The molecule has 0 spiro atoms. The van der Waals surface area contributed by atoms with Crippen LogP contribution >= 0.6 is 0 Å². The average Bonchev–Trinajstić information content (AvgIpc) is 3.17. The lowest BCUT2D eigenvalue weighted by atomic mass is 10.1. The summed E-state index contributed by atoms with van der Waals surface area (Å²) in [5.41, 5.74) is 2.38. The quantitative estimate of drug-likeness (QED) is 0.620. The molecule has 9 heteroatoms. The molecule has 152 valence electrons. The van der Waals surface area contributed by atoms with Crippen LogP contribution in [0.2, 0.25) is 0 Å². The number of nitrogens with zero attached hydrogens (tertiary/aromatic N) is 3. The molecule has 0 aliphatic carbocycles. The van der Waals surface area contributed by atoms with E-state index < -0.39 is 10.0 Å². The molecule has 0 atom stereocenters. The number of aryl methyl sites for hydroxylation is 2. The summed E-state index contributed by atoms with van der Waals surface area (Å²) >= 11 is 0. The zero-order valence-corrected chi connectivity index (χ0v) is 17.3. The lowest BCUT2D eigenvalue weighted by molar-refractivity contribution is 0.102. The van der Waals surface area contributed by atoms with Gasteiger partial charge in [-0.25, -0.2) is 13.1 Å².